The van der Waals surface area contributed by atoms with E-state index in [-0.39, 0.29) is 18.9 Å². The Labute approximate surface area is 493 Å². The van der Waals surface area contributed by atoms with Crippen molar-refractivity contribution < 1.29 is 89.4 Å². The zero-order valence-corrected chi connectivity index (χ0v) is 50.7. The van der Waals surface area contributed by atoms with Crippen molar-refractivity contribution >= 4 is 5.91 Å². The molecule has 484 valence electrons. The molecule has 19 heteroatoms. The summed E-state index contributed by atoms with van der Waals surface area (Å²) in [6.07, 6.45) is 21.4. The summed E-state index contributed by atoms with van der Waals surface area (Å²) in [4.78, 5) is 13.4. The van der Waals surface area contributed by atoms with E-state index in [9.17, 15) is 61.0 Å². The van der Waals surface area contributed by atoms with Crippen LogP contribution in [-0.2, 0) is 33.2 Å². The van der Waals surface area contributed by atoms with E-state index in [1.54, 1.807) is 0 Å². The van der Waals surface area contributed by atoms with Crippen LogP contribution in [0.3, 0.4) is 0 Å². The van der Waals surface area contributed by atoms with Gasteiger partial charge in [-0.05, 0) is 38.5 Å². The van der Waals surface area contributed by atoms with Gasteiger partial charge in [-0.3, -0.25) is 4.79 Å². The molecule has 0 aromatic heterocycles. The number of hydrogen-bond donors (Lipinski definition) is 12. The highest BCUT2D eigenvalue weighted by atomic mass is 16.8. The van der Waals surface area contributed by atoms with Crippen molar-refractivity contribution in [3.8, 4) is 0 Å². The van der Waals surface area contributed by atoms with Crippen molar-refractivity contribution in [2.75, 3.05) is 26.4 Å². The summed E-state index contributed by atoms with van der Waals surface area (Å²) in [5.74, 6) is -0.244. The van der Waals surface area contributed by atoms with Crippen molar-refractivity contribution in [2.45, 2.75) is 356 Å². The predicted molar refractivity (Wildman–Crippen MR) is 314 cm³/mol. The molecule has 3 aliphatic rings. The van der Waals surface area contributed by atoms with Crippen LogP contribution in [0.2, 0.25) is 0 Å². The number of unbranched alkanes of at least 4 members (excludes halogenated alkanes) is 32. The predicted octanol–water partition coefficient (Wildman–Crippen LogP) is 7.33. The van der Waals surface area contributed by atoms with E-state index in [4.69, 9.17) is 28.4 Å². The summed E-state index contributed by atoms with van der Waals surface area (Å²) < 4.78 is 34.4. The van der Waals surface area contributed by atoms with Crippen LogP contribution < -0.4 is 5.32 Å². The lowest BCUT2D eigenvalue weighted by Gasteiger charge is -2.48. The lowest BCUT2D eigenvalue weighted by molar-refractivity contribution is -0.379. The number of allylic oxidation sites excluding steroid dienone is 2. The molecule has 3 heterocycles. The van der Waals surface area contributed by atoms with Gasteiger partial charge in [0.15, 0.2) is 18.9 Å². The van der Waals surface area contributed by atoms with E-state index >= 15 is 0 Å². The fourth-order valence-electron chi connectivity index (χ4n) is 11.4. The number of rotatable bonds is 50. The first kappa shape index (κ1) is 74.8. The van der Waals surface area contributed by atoms with Crippen LogP contribution >= 0.6 is 0 Å². The Morgan fingerprint density at radius 2 is 0.768 bits per heavy atom. The lowest BCUT2D eigenvalue weighted by Crippen LogP contribution is -2.66. The molecule has 0 bridgehead atoms. The standard InChI is InChI=1S/C63H119NO18/c1-3-5-7-9-11-13-15-17-19-21-23-24-26-28-30-32-34-36-38-40-47(68)46(64-51(69)41-39-37-35-33-31-29-27-25-22-20-18-16-14-12-10-8-6-4-2)45-77-61-57(75)54(72)59(49(43-66)79-61)82-63-58(76)55(73)60(50(44-67)80-63)81-62-56(74)53(71)52(70)48(42-65)78-62/h20,22,46-50,52-63,65-68,70-76H,3-19,21,23-45H2,1-2H3,(H,64,69)/b22-20-. The monoisotopic (exact) mass is 1180 g/mol. The maximum atomic E-state index is 13.4. The molecular formula is C63H119NO18. The number of ether oxygens (including phenoxy) is 6. The summed E-state index contributed by atoms with van der Waals surface area (Å²) in [6, 6.07) is -0.886. The van der Waals surface area contributed by atoms with Gasteiger partial charge in [0, 0.05) is 6.42 Å². The summed E-state index contributed by atoms with van der Waals surface area (Å²) in [7, 11) is 0. The van der Waals surface area contributed by atoms with Crippen LogP contribution in [-0.4, -0.2) is 193 Å². The van der Waals surface area contributed by atoms with Gasteiger partial charge >= 0.3 is 0 Å². The van der Waals surface area contributed by atoms with Crippen LogP contribution in [0.25, 0.3) is 0 Å². The zero-order valence-electron chi connectivity index (χ0n) is 50.7. The number of hydrogen-bond acceptors (Lipinski definition) is 18. The Balaban J connectivity index is 1.46. The van der Waals surface area contributed by atoms with Gasteiger partial charge in [0.1, 0.15) is 73.2 Å². The Hall–Kier alpha value is -1.47. The molecule has 17 atom stereocenters. The highest BCUT2D eigenvalue weighted by Crippen LogP contribution is 2.33. The van der Waals surface area contributed by atoms with E-state index in [1.807, 2.05) is 0 Å². The van der Waals surface area contributed by atoms with E-state index in [0.29, 0.717) is 12.8 Å². The Bertz CT molecular complexity index is 1550. The van der Waals surface area contributed by atoms with E-state index in [1.165, 1.54) is 161 Å². The van der Waals surface area contributed by atoms with Crippen molar-refractivity contribution in [2.24, 2.45) is 0 Å². The fraction of sp³-hybridized carbons (Fsp3) is 0.952. The zero-order chi connectivity index (χ0) is 59.7. The summed E-state index contributed by atoms with van der Waals surface area (Å²) in [5, 5.41) is 121. The second-order valence-corrected chi connectivity index (χ2v) is 23.9. The molecular weight excluding hydrogens is 1060 g/mol. The molecule has 1 amide bonds. The van der Waals surface area contributed by atoms with E-state index in [0.717, 1.165) is 57.8 Å². The molecule has 3 saturated heterocycles. The average Bonchev–Trinajstić information content (AvgIpc) is 3.43. The summed E-state index contributed by atoms with van der Waals surface area (Å²) >= 11 is 0. The maximum absolute atomic E-state index is 13.4. The Morgan fingerprint density at radius 1 is 0.427 bits per heavy atom. The largest absolute Gasteiger partial charge is 0.394 e. The molecule has 82 heavy (non-hydrogen) atoms. The van der Waals surface area contributed by atoms with Gasteiger partial charge in [-0.1, -0.05) is 219 Å². The second kappa shape index (κ2) is 46.7. The number of carbonyl (C=O) groups is 1. The van der Waals surface area contributed by atoms with Crippen LogP contribution in [0, 0.1) is 0 Å². The van der Waals surface area contributed by atoms with Gasteiger partial charge in [-0.2, -0.15) is 0 Å². The summed E-state index contributed by atoms with van der Waals surface area (Å²) in [6.45, 7) is 1.81. The third-order valence-electron chi connectivity index (χ3n) is 16.8. The van der Waals surface area contributed by atoms with Gasteiger partial charge in [-0.25, -0.2) is 0 Å². The number of amides is 1. The first-order chi connectivity index (χ1) is 39.8. The molecule has 0 radical (unpaired) electrons. The molecule has 19 nitrogen and oxygen atoms in total. The molecule has 17 unspecified atom stereocenters. The molecule has 3 rings (SSSR count). The van der Waals surface area contributed by atoms with Crippen molar-refractivity contribution in [3.05, 3.63) is 12.2 Å². The van der Waals surface area contributed by atoms with E-state index < -0.39 is 124 Å². The molecule has 0 aromatic carbocycles. The molecule has 0 aromatic rings. The Kier molecular flexibility index (Phi) is 42.5. The summed E-state index contributed by atoms with van der Waals surface area (Å²) in [5.41, 5.74) is 0. The average molecular weight is 1180 g/mol. The van der Waals surface area contributed by atoms with E-state index in [2.05, 4.69) is 31.3 Å². The first-order valence-electron chi connectivity index (χ1n) is 32.9. The number of aliphatic hydroxyl groups excluding tert-OH is 11. The highest BCUT2D eigenvalue weighted by molar-refractivity contribution is 5.76. The van der Waals surface area contributed by atoms with Crippen molar-refractivity contribution in [3.63, 3.8) is 0 Å². The van der Waals surface area contributed by atoms with Crippen molar-refractivity contribution in [1.29, 1.82) is 0 Å². The van der Waals surface area contributed by atoms with Crippen molar-refractivity contribution in [1.82, 2.24) is 5.32 Å². The maximum Gasteiger partial charge on any atom is 0.220 e. The Morgan fingerprint density at radius 3 is 1.18 bits per heavy atom. The third-order valence-corrected chi connectivity index (χ3v) is 16.8. The quantitative estimate of drug-likeness (QED) is 0.0210. The highest BCUT2D eigenvalue weighted by Gasteiger charge is 2.53. The minimum absolute atomic E-state index is 0.244. The van der Waals surface area contributed by atoms with Crippen LogP contribution in [0.5, 0.6) is 0 Å². The molecule has 0 saturated carbocycles. The minimum Gasteiger partial charge on any atom is -0.394 e. The van der Waals surface area contributed by atoms with Crippen LogP contribution in [0.4, 0.5) is 0 Å². The van der Waals surface area contributed by atoms with Gasteiger partial charge in [0.2, 0.25) is 5.91 Å². The van der Waals surface area contributed by atoms with Gasteiger partial charge in [-0.15, -0.1) is 0 Å². The molecule has 0 spiro atoms. The van der Waals surface area contributed by atoms with Gasteiger partial charge < -0.3 is 89.9 Å². The number of carbonyl (C=O) groups excluding carboxylic acids is 1. The SMILES string of the molecule is CCCCCCCCC/C=C\CCCCCCCCCC(=O)NC(COC1OC(CO)C(OC2OC(CO)C(OC3OC(CO)C(O)C(O)C3O)C(O)C2O)C(O)C1O)C(O)CCCCCCCCCCCCCCCCCCCCC. The smallest absolute Gasteiger partial charge is 0.220 e. The number of aliphatic hydroxyl groups is 11. The fourth-order valence-corrected chi connectivity index (χ4v) is 11.4. The third kappa shape index (κ3) is 29.5. The van der Waals surface area contributed by atoms with Gasteiger partial charge in [0.05, 0.1) is 38.6 Å². The first-order valence-corrected chi connectivity index (χ1v) is 32.9. The topological polar surface area (TPSA) is 307 Å². The second-order valence-electron chi connectivity index (χ2n) is 23.9. The van der Waals surface area contributed by atoms with Crippen LogP contribution in [0.15, 0.2) is 12.2 Å². The molecule has 0 aliphatic carbocycles. The molecule has 3 fully saturated rings. The normalized spacial score (nSPS) is 29.6. The minimum atomic E-state index is -1.97. The molecule has 12 N–H and O–H groups in total. The lowest BCUT2D eigenvalue weighted by atomic mass is 9.96. The van der Waals surface area contributed by atoms with Gasteiger partial charge in [0.25, 0.3) is 0 Å². The van der Waals surface area contributed by atoms with Crippen LogP contribution in [0.1, 0.15) is 251 Å². The molecule has 3 aliphatic heterocycles. The number of nitrogens with one attached hydrogen (secondary N) is 1.